The van der Waals surface area contributed by atoms with E-state index in [1.165, 1.54) is 19.2 Å². The average molecular weight is 321 g/mol. The first kappa shape index (κ1) is 16.1. The Hall–Kier alpha value is -1.76. The molecule has 0 aliphatic carbocycles. The van der Waals surface area contributed by atoms with Crippen LogP contribution in [0.2, 0.25) is 0 Å². The summed E-state index contributed by atoms with van der Waals surface area (Å²) in [5, 5.41) is 3.41. The molecule has 1 N–H and O–H groups in total. The SMILES string of the molecule is COCOC1CC2CC(c3ccc(F)cc3)=C(C(=O)OC)C1N2. The zero-order valence-corrected chi connectivity index (χ0v) is 13.2. The molecule has 23 heavy (non-hydrogen) atoms. The topological polar surface area (TPSA) is 56.8 Å². The molecular formula is C17H20FNO4. The molecule has 3 unspecified atom stereocenters. The van der Waals surface area contributed by atoms with Crippen molar-refractivity contribution in [2.24, 2.45) is 0 Å². The van der Waals surface area contributed by atoms with E-state index in [-0.39, 0.29) is 36.8 Å². The van der Waals surface area contributed by atoms with E-state index in [9.17, 15) is 9.18 Å². The van der Waals surface area contributed by atoms with Gasteiger partial charge in [0.1, 0.15) is 12.6 Å². The number of ether oxygens (including phenoxy) is 3. The summed E-state index contributed by atoms with van der Waals surface area (Å²) in [7, 11) is 2.93. The zero-order valence-electron chi connectivity index (χ0n) is 13.2. The van der Waals surface area contributed by atoms with Crippen molar-refractivity contribution >= 4 is 11.5 Å². The van der Waals surface area contributed by atoms with E-state index in [1.54, 1.807) is 19.2 Å². The Morgan fingerprint density at radius 2 is 2.04 bits per heavy atom. The largest absolute Gasteiger partial charge is 0.466 e. The average Bonchev–Trinajstić information content (AvgIpc) is 2.89. The lowest BCUT2D eigenvalue weighted by Gasteiger charge is -2.28. The Balaban J connectivity index is 1.99. The molecule has 2 aliphatic rings. The lowest BCUT2D eigenvalue weighted by molar-refractivity contribution is -0.137. The quantitative estimate of drug-likeness (QED) is 0.663. The van der Waals surface area contributed by atoms with E-state index in [1.807, 2.05) is 0 Å². The number of carbonyl (C=O) groups excluding carboxylic acids is 1. The smallest absolute Gasteiger partial charge is 0.335 e. The lowest BCUT2D eigenvalue weighted by Crippen LogP contribution is -2.42. The van der Waals surface area contributed by atoms with Crippen molar-refractivity contribution in [3.8, 4) is 0 Å². The van der Waals surface area contributed by atoms with Crippen LogP contribution < -0.4 is 5.32 Å². The molecular weight excluding hydrogens is 301 g/mol. The second-order valence-electron chi connectivity index (χ2n) is 5.78. The van der Waals surface area contributed by atoms with Crippen molar-refractivity contribution in [2.45, 2.75) is 31.0 Å². The number of halogens is 1. The van der Waals surface area contributed by atoms with Gasteiger partial charge in [-0.3, -0.25) is 0 Å². The predicted octanol–water partition coefficient (Wildman–Crippen LogP) is 1.88. The molecule has 1 aromatic rings. The fourth-order valence-electron chi connectivity index (χ4n) is 3.41. The van der Waals surface area contributed by atoms with Gasteiger partial charge in [0.2, 0.25) is 0 Å². The van der Waals surface area contributed by atoms with Gasteiger partial charge in [0.05, 0.1) is 24.8 Å². The first-order chi connectivity index (χ1) is 11.1. The Morgan fingerprint density at radius 1 is 1.30 bits per heavy atom. The molecule has 2 heterocycles. The number of hydrogen-bond donors (Lipinski definition) is 1. The molecule has 0 saturated carbocycles. The van der Waals surface area contributed by atoms with Gasteiger partial charge < -0.3 is 19.5 Å². The van der Waals surface area contributed by atoms with Crippen LogP contribution in [0.1, 0.15) is 18.4 Å². The van der Waals surface area contributed by atoms with Crippen molar-refractivity contribution in [1.29, 1.82) is 0 Å². The summed E-state index contributed by atoms with van der Waals surface area (Å²) in [6.45, 7) is 0.176. The predicted molar refractivity (Wildman–Crippen MR) is 82.0 cm³/mol. The molecule has 1 saturated heterocycles. The van der Waals surface area contributed by atoms with Gasteiger partial charge in [-0.25, -0.2) is 9.18 Å². The van der Waals surface area contributed by atoms with Gasteiger partial charge in [-0.1, -0.05) is 12.1 Å². The van der Waals surface area contributed by atoms with E-state index in [0.717, 1.165) is 17.6 Å². The second-order valence-corrected chi connectivity index (χ2v) is 5.78. The highest BCUT2D eigenvalue weighted by Gasteiger charge is 2.44. The molecule has 1 aromatic carbocycles. The number of methoxy groups -OCH3 is 2. The van der Waals surface area contributed by atoms with Gasteiger partial charge in [-0.05, 0) is 36.1 Å². The summed E-state index contributed by atoms with van der Waals surface area (Å²) < 4.78 is 28.8. The van der Waals surface area contributed by atoms with E-state index in [4.69, 9.17) is 14.2 Å². The fourth-order valence-corrected chi connectivity index (χ4v) is 3.41. The van der Waals surface area contributed by atoms with Gasteiger partial charge in [0.15, 0.2) is 0 Å². The molecule has 0 spiro atoms. The molecule has 2 bridgehead atoms. The van der Waals surface area contributed by atoms with Crippen molar-refractivity contribution in [2.75, 3.05) is 21.0 Å². The molecule has 5 nitrogen and oxygen atoms in total. The van der Waals surface area contributed by atoms with Crippen LogP contribution in [0, 0.1) is 5.82 Å². The summed E-state index contributed by atoms with van der Waals surface area (Å²) >= 11 is 0. The van der Waals surface area contributed by atoms with Crippen molar-refractivity contribution < 1.29 is 23.4 Å². The van der Waals surface area contributed by atoms with Crippen molar-refractivity contribution in [1.82, 2.24) is 5.32 Å². The number of nitrogens with one attached hydrogen (secondary N) is 1. The van der Waals surface area contributed by atoms with Crippen LogP contribution in [0.5, 0.6) is 0 Å². The van der Waals surface area contributed by atoms with Crippen molar-refractivity contribution in [3.63, 3.8) is 0 Å². The number of benzene rings is 1. The molecule has 2 aliphatic heterocycles. The summed E-state index contributed by atoms with van der Waals surface area (Å²) in [4.78, 5) is 12.3. The highest BCUT2D eigenvalue weighted by atomic mass is 19.1. The van der Waals surface area contributed by atoms with Gasteiger partial charge >= 0.3 is 5.97 Å². The summed E-state index contributed by atoms with van der Waals surface area (Å²) in [6.07, 6.45) is 1.32. The number of hydrogen-bond acceptors (Lipinski definition) is 5. The van der Waals surface area contributed by atoms with Crippen LogP contribution in [-0.4, -0.2) is 45.2 Å². The Morgan fingerprint density at radius 3 is 2.70 bits per heavy atom. The number of fused-ring (bicyclic) bond motifs is 2. The first-order valence-corrected chi connectivity index (χ1v) is 7.58. The minimum atomic E-state index is -0.381. The molecule has 6 heteroatoms. The maximum absolute atomic E-state index is 13.2. The highest BCUT2D eigenvalue weighted by Crippen LogP contribution is 2.38. The first-order valence-electron chi connectivity index (χ1n) is 7.58. The van der Waals surface area contributed by atoms with Crippen LogP contribution in [0.15, 0.2) is 29.8 Å². The Bertz CT molecular complexity index is 614. The van der Waals surface area contributed by atoms with Crippen LogP contribution in [0.25, 0.3) is 5.57 Å². The third-order valence-corrected chi connectivity index (χ3v) is 4.39. The van der Waals surface area contributed by atoms with Gasteiger partial charge in [0, 0.05) is 13.2 Å². The van der Waals surface area contributed by atoms with Gasteiger partial charge in [0.25, 0.3) is 0 Å². The number of esters is 1. The monoisotopic (exact) mass is 321 g/mol. The molecule has 0 aromatic heterocycles. The minimum absolute atomic E-state index is 0.146. The molecule has 124 valence electrons. The summed E-state index contributed by atoms with van der Waals surface area (Å²) in [5.74, 6) is -0.680. The van der Waals surface area contributed by atoms with E-state index < -0.39 is 0 Å². The Kier molecular flexibility index (Phi) is 4.75. The number of rotatable bonds is 5. The highest BCUT2D eigenvalue weighted by molar-refractivity contribution is 6.00. The van der Waals surface area contributed by atoms with E-state index in [0.29, 0.717) is 12.0 Å². The van der Waals surface area contributed by atoms with Gasteiger partial charge in [-0.2, -0.15) is 0 Å². The third-order valence-electron chi connectivity index (χ3n) is 4.39. The minimum Gasteiger partial charge on any atom is -0.466 e. The third kappa shape index (κ3) is 3.15. The van der Waals surface area contributed by atoms with Crippen LogP contribution >= 0.6 is 0 Å². The maximum Gasteiger partial charge on any atom is 0.335 e. The standard InChI is InChI=1S/C17H20FNO4/c1-21-9-23-14-8-12-7-13(10-3-5-11(18)6-4-10)15(16(14)19-12)17(20)22-2/h3-6,12,14,16,19H,7-9H2,1-2H3. The van der Waals surface area contributed by atoms with Crippen molar-refractivity contribution in [3.05, 3.63) is 41.2 Å². The number of carbonyl (C=O) groups is 1. The van der Waals surface area contributed by atoms with Crippen LogP contribution in [0.4, 0.5) is 4.39 Å². The molecule has 3 rings (SSSR count). The molecule has 1 fully saturated rings. The second kappa shape index (κ2) is 6.78. The maximum atomic E-state index is 13.2. The fraction of sp³-hybridized carbons (Fsp3) is 0.471. The summed E-state index contributed by atoms with van der Waals surface area (Å²) in [6, 6.07) is 6.18. The van der Waals surface area contributed by atoms with Gasteiger partial charge in [-0.15, -0.1) is 0 Å². The molecule has 3 atom stereocenters. The normalized spacial score (nSPS) is 26.5. The van der Waals surface area contributed by atoms with E-state index >= 15 is 0 Å². The van der Waals surface area contributed by atoms with E-state index in [2.05, 4.69) is 5.32 Å². The van der Waals surface area contributed by atoms with Crippen LogP contribution in [0.3, 0.4) is 0 Å². The molecule has 0 amide bonds. The Labute approximate surface area is 134 Å². The summed E-state index contributed by atoms with van der Waals surface area (Å²) in [5.41, 5.74) is 2.30. The molecule has 0 radical (unpaired) electrons. The lowest BCUT2D eigenvalue weighted by atomic mass is 9.89. The zero-order chi connectivity index (χ0) is 16.4. The van der Waals surface area contributed by atoms with Crippen LogP contribution in [-0.2, 0) is 19.0 Å².